The van der Waals surface area contributed by atoms with Gasteiger partial charge in [0.25, 0.3) is 5.91 Å². The molecule has 8 nitrogen and oxygen atoms in total. The number of aromatic amines is 1. The number of aromatic carboxylic acids is 1. The summed E-state index contributed by atoms with van der Waals surface area (Å²) in [5.74, 6) is -1.31. The number of aromatic nitrogens is 2. The number of rotatable bonds is 5. The Kier molecular flexibility index (Phi) is 3.85. The van der Waals surface area contributed by atoms with Gasteiger partial charge in [-0.1, -0.05) is 5.16 Å². The first-order valence-corrected chi connectivity index (χ1v) is 5.70. The van der Waals surface area contributed by atoms with Crippen LogP contribution in [0.15, 0.2) is 16.7 Å². The molecule has 106 valence electrons. The van der Waals surface area contributed by atoms with E-state index in [1.807, 2.05) is 0 Å². The number of amides is 1. The molecule has 2 aromatic heterocycles. The number of ether oxygens (including phenoxy) is 1. The lowest BCUT2D eigenvalue weighted by Crippen LogP contribution is -2.14. The van der Waals surface area contributed by atoms with E-state index in [-0.39, 0.29) is 23.7 Å². The molecule has 0 saturated heterocycles. The van der Waals surface area contributed by atoms with E-state index in [0.29, 0.717) is 11.5 Å². The molecule has 8 heteroatoms. The number of carboxylic acids is 1. The van der Waals surface area contributed by atoms with Gasteiger partial charge >= 0.3 is 5.97 Å². The van der Waals surface area contributed by atoms with Crippen LogP contribution in [0.3, 0.4) is 0 Å². The average molecular weight is 279 g/mol. The lowest BCUT2D eigenvalue weighted by molar-refractivity contribution is 0.0692. The minimum absolute atomic E-state index is 0.0484. The first-order chi connectivity index (χ1) is 9.51. The van der Waals surface area contributed by atoms with Crippen LogP contribution in [0, 0.1) is 6.92 Å². The molecule has 0 fully saturated rings. The number of anilines is 1. The first-order valence-electron chi connectivity index (χ1n) is 5.70. The van der Waals surface area contributed by atoms with Crippen molar-refractivity contribution in [2.24, 2.45) is 0 Å². The molecule has 0 aliphatic carbocycles. The van der Waals surface area contributed by atoms with Crippen molar-refractivity contribution >= 4 is 17.6 Å². The normalized spacial score (nSPS) is 10.5. The Labute approximate surface area is 113 Å². The summed E-state index contributed by atoms with van der Waals surface area (Å²) >= 11 is 0. The Bertz CT molecular complexity index is 643. The van der Waals surface area contributed by atoms with Gasteiger partial charge < -0.3 is 24.7 Å². The van der Waals surface area contributed by atoms with E-state index in [4.69, 9.17) is 14.4 Å². The van der Waals surface area contributed by atoms with Gasteiger partial charge in [-0.3, -0.25) is 4.79 Å². The molecule has 0 radical (unpaired) electrons. The standard InChI is InChI=1S/C12H13N3O5/c1-6-3-8(10(13-6)12(17)18)14-11(16)9-4-7(5-19-2)20-15-9/h3-4,13H,5H2,1-2H3,(H,14,16)(H,17,18). The van der Waals surface area contributed by atoms with Crippen LogP contribution in [-0.2, 0) is 11.3 Å². The van der Waals surface area contributed by atoms with Crippen molar-refractivity contribution in [1.82, 2.24) is 10.1 Å². The maximum Gasteiger partial charge on any atom is 0.354 e. The largest absolute Gasteiger partial charge is 0.477 e. The molecule has 1 amide bonds. The molecule has 2 heterocycles. The monoisotopic (exact) mass is 279 g/mol. The third kappa shape index (κ3) is 2.86. The van der Waals surface area contributed by atoms with Crippen LogP contribution in [-0.4, -0.2) is 34.2 Å². The van der Waals surface area contributed by atoms with Gasteiger partial charge in [-0.25, -0.2) is 4.79 Å². The van der Waals surface area contributed by atoms with E-state index in [0.717, 1.165) is 0 Å². The third-order valence-corrected chi connectivity index (χ3v) is 2.49. The van der Waals surface area contributed by atoms with Crippen LogP contribution in [0.1, 0.15) is 32.4 Å². The molecule has 3 N–H and O–H groups in total. The topological polar surface area (TPSA) is 117 Å². The fraction of sp³-hybridized carbons (Fsp3) is 0.250. The second-order valence-electron chi connectivity index (χ2n) is 4.11. The van der Waals surface area contributed by atoms with Crippen molar-refractivity contribution in [3.8, 4) is 0 Å². The molecule has 0 aliphatic heterocycles. The van der Waals surface area contributed by atoms with Crippen molar-refractivity contribution in [2.45, 2.75) is 13.5 Å². The highest BCUT2D eigenvalue weighted by atomic mass is 16.5. The molecule has 0 aromatic carbocycles. The van der Waals surface area contributed by atoms with Gasteiger partial charge in [0.05, 0.1) is 5.69 Å². The molecule has 2 aromatic rings. The molecule has 0 saturated carbocycles. The molecule has 0 aliphatic rings. The minimum atomic E-state index is -1.16. The van der Waals surface area contributed by atoms with Gasteiger partial charge in [-0.2, -0.15) is 0 Å². The second kappa shape index (κ2) is 5.57. The summed E-state index contributed by atoms with van der Waals surface area (Å²) in [5.41, 5.74) is 0.762. The van der Waals surface area contributed by atoms with E-state index in [9.17, 15) is 9.59 Å². The van der Waals surface area contributed by atoms with Gasteiger partial charge in [0, 0.05) is 18.9 Å². The van der Waals surface area contributed by atoms with Crippen molar-refractivity contribution in [2.75, 3.05) is 12.4 Å². The summed E-state index contributed by atoms with van der Waals surface area (Å²) in [6.07, 6.45) is 0. The van der Waals surface area contributed by atoms with E-state index >= 15 is 0 Å². The van der Waals surface area contributed by atoms with Gasteiger partial charge in [0.15, 0.2) is 11.5 Å². The number of carboxylic acid groups (broad SMARTS) is 1. The Balaban J connectivity index is 2.16. The summed E-state index contributed by atoms with van der Waals surface area (Å²) < 4.78 is 9.73. The quantitative estimate of drug-likeness (QED) is 0.761. The summed E-state index contributed by atoms with van der Waals surface area (Å²) in [6, 6.07) is 2.95. The third-order valence-electron chi connectivity index (χ3n) is 2.49. The van der Waals surface area contributed by atoms with Crippen LogP contribution < -0.4 is 5.32 Å². The zero-order valence-corrected chi connectivity index (χ0v) is 10.9. The van der Waals surface area contributed by atoms with Crippen LogP contribution >= 0.6 is 0 Å². The highest BCUT2D eigenvalue weighted by molar-refractivity contribution is 6.06. The van der Waals surface area contributed by atoms with E-state index in [1.54, 1.807) is 6.92 Å². The van der Waals surface area contributed by atoms with E-state index < -0.39 is 11.9 Å². The molecule has 0 atom stereocenters. The summed E-state index contributed by atoms with van der Waals surface area (Å²) in [5, 5.41) is 15.1. The highest BCUT2D eigenvalue weighted by Gasteiger charge is 2.18. The Hall–Kier alpha value is -2.61. The van der Waals surface area contributed by atoms with Crippen molar-refractivity contribution in [3.05, 3.63) is 35.0 Å². The van der Waals surface area contributed by atoms with Crippen LogP contribution in [0.4, 0.5) is 5.69 Å². The molecule has 0 spiro atoms. The smallest absolute Gasteiger partial charge is 0.354 e. The SMILES string of the molecule is COCc1cc(C(=O)Nc2cc(C)[nH]c2C(=O)O)no1. The second-order valence-corrected chi connectivity index (χ2v) is 4.11. The Morgan fingerprint density at radius 1 is 1.50 bits per heavy atom. The molecule has 2 rings (SSSR count). The fourth-order valence-electron chi connectivity index (χ4n) is 1.67. The van der Waals surface area contributed by atoms with Gasteiger partial charge in [0.2, 0.25) is 0 Å². The van der Waals surface area contributed by atoms with Gasteiger partial charge in [0.1, 0.15) is 12.3 Å². The maximum atomic E-state index is 11.9. The van der Waals surface area contributed by atoms with Crippen LogP contribution in [0.25, 0.3) is 0 Å². The highest BCUT2D eigenvalue weighted by Crippen LogP contribution is 2.18. The zero-order chi connectivity index (χ0) is 14.7. The Morgan fingerprint density at radius 2 is 2.25 bits per heavy atom. The number of carbonyl (C=O) groups excluding carboxylic acids is 1. The fourth-order valence-corrected chi connectivity index (χ4v) is 1.67. The summed E-state index contributed by atoms with van der Waals surface area (Å²) in [4.78, 5) is 25.6. The predicted molar refractivity (Wildman–Crippen MR) is 67.7 cm³/mol. The number of hydrogen-bond donors (Lipinski definition) is 3. The van der Waals surface area contributed by atoms with Crippen molar-refractivity contribution < 1.29 is 24.0 Å². The molecular weight excluding hydrogens is 266 g/mol. The van der Waals surface area contributed by atoms with Gasteiger partial charge in [-0.15, -0.1) is 0 Å². The van der Waals surface area contributed by atoms with Crippen molar-refractivity contribution in [3.63, 3.8) is 0 Å². The Morgan fingerprint density at radius 3 is 2.90 bits per heavy atom. The lowest BCUT2D eigenvalue weighted by atomic mass is 10.3. The minimum Gasteiger partial charge on any atom is -0.477 e. The van der Waals surface area contributed by atoms with Gasteiger partial charge in [-0.05, 0) is 13.0 Å². The first kappa shape index (κ1) is 13.8. The summed E-state index contributed by atoms with van der Waals surface area (Å²) in [7, 11) is 1.49. The van der Waals surface area contributed by atoms with Crippen LogP contribution in [0.2, 0.25) is 0 Å². The number of nitrogens with one attached hydrogen (secondary N) is 2. The predicted octanol–water partition coefficient (Wildman–Crippen LogP) is 1.41. The van der Waals surface area contributed by atoms with Crippen LogP contribution in [0.5, 0.6) is 0 Å². The molecule has 0 bridgehead atoms. The lowest BCUT2D eigenvalue weighted by Gasteiger charge is -2.00. The van der Waals surface area contributed by atoms with Crippen molar-refractivity contribution in [1.29, 1.82) is 0 Å². The van der Waals surface area contributed by atoms with E-state index in [2.05, 4.69) is 15.5 Å². The number of H-pyrrole nitrogens is 1. The number of nitrogens with zero attached hydrogens (tertiary/aromatic N) is 1. The zero-order valence-electron chi connectivity index (χ0n) is 10.9. The average Bonchev–Trinajstić information content (AvgIpc) is 2.97. The maximum absolute atomic E-state index is 11.9. The van der Waals surface area contributed by atoms with E-state index in [1.165, 1.54) is 19.2 Å². The number of hydrogen-bond acceptors (Lipinski definition) is 5. The number of aryl methyl sites for hydroxylation is 1. The molecular formula is C12H13N3O5. The number of carbonyl (C=O) groups is 2. The molecule has 20 heavy (non-hydrogen) atoms. The summed E-state index contributed by atoms with van der Waals surface area (Å²) in [6.45, 7) is 1.89. The number of methoxy groups -OCH3 is 1. The molecule has 0 unspecified atom stereocenters.